The third-order valence-electron chi connectivity index (χ3n) is 4.08. The molecule has 0 saturated heterocycles. The van der Waals surface area contributed by atoms with Crippen LogP contribution in [0.15, 0.2) is 48.5 Å². The van der Waals surface area contributed by atoms with Crippen LogP contribution in [-0.4, -0.2) is 25.2 Å². The van der Waals surface area contributed by atoms with Crippen LogP contribution in [0, 0.1) is 6.92 Å². The van der Waals surface area contributed by atoms with Crippen LogP contribution in [0.4, 0.5) is 0 Å². The summed E-state index contributed by atoms with van der Waals surface area (Å²) in [6, 6.07) is 15.6. The van der Waals surface area contributed by atoms with E-state index in [1.54, 1.807) is 0 Å². The summed E-state index contributed by atoms with van der Waals surface area (Å²) < 4.78 is 11.3. The maximum atomic E-state index is 12.0. The van der Waals surface area contributed by atoms with Gasteiger partial charge >= 0.3 is 0 Å². The first-order valence-electron chi connectivity index (χ1n) is 8.97. The third-order valence-corrected chi connectivity index (χ3v) is 4.08. The van der Waals surface area contributed by atoms with Crippen molar-refractivity contribution >= 4 is 5.91 Å². The number of para-hydroxylation sites is 1. The molecule has 0 aromatic heterocycles. The van der Waals surface area contributed by atoms with E-state index in [0.29, 0.717) is 12.4 Å². The van der Waals surface area contributed by atoms with Gasteiger partial charge in [-0.15, -0.1) is 0 Å². The highest BCUT2D eigenvalue weighted by molar-refractivity contribution is 5.77. The van der Waals surface area contributed by atoms with Gasteiger partial charge in [0.05, 0.1) is 6.04 Å². The molecular weight excluding hydrogens is 326 g/mol. The van der Waals surface area contributed by atoms with Crippen LogP contribution in [0.1, 0.15) is 38.8 Å². The molecule has 0 radical (unpaired) electrons. The standard InChI is InChI=1S/C22H29NO3/c1-16-8-6-7-9-20(16)26-14-17(2)23-21(24)15-25-19-12-10-18(11-13-19)22(3,4)5/h6-13,17H,14-15H2,1-5H3,(H,23,24). The van der Waals surface area contributed by atoms with E-state index in [1.807, 2.05) is 62.4 Å². The van der Waals surface area contributed by atoms with Crippen LogP contribution in [0.5, 0.6) is 11.5 Å². The number of ether oxygens (including phenoxy) is 2. The van der Waals surface area contributed by atoms with Crippen molar-refractivity contribution in [2.75, 3.05) is 13.2 Å². The summed E-state index contributed by atoms with van der Waals surface area (Å²) in [5, 5.41) is 2.89. The first kappa shape index (κ1) is 19.8. The van der Waals surface area contributed by atoms with Crippen molar-refractivity contribution in [3.63, 3.8) is 0 Å². The summed E-state index contributed by atoms with van der Waals surface area (Å²) >= 11 is 0. The SMILES string of the molecule is Cc1ccccc1OCC(C)NC(=O)COc1ccc(C(C)(C)C)cc1. The molecule has 1 N–H and O–H groups in total. The van der Waals surface area contributed by atoms with Crippen LogP contribution < -0.4 is 14.8 Å². The second kappa shape index (κ2) is 8.75. The van der Waals surface area contributed by atoms with Gasteiger partial charge in [-0.25, -0.2) is 0 Å². The van der Waals surface area contributed by atoms with Crippen molar-refractivity contribution in [3.05, 3.63) is 59.7 Å². The Kier molecular flexibility index (Phi) is 6.67. The summed E-state index contributed by atoms with van der Waals surface area (Å²) in [5.74, 6) is 1.37. The van der Waals surface area contributed by atoms with Gasteiger partial charge in [-0.3, -0.25) is 4.79 Å². The Balaban J connectivity index is 1.75. The second-order valence-corrected chi connectivity index (χ2v) is 7.61. The molecule has 1 amide bonds. The third kappa shape index (κ3) is 6.10. The zero-order valence-electron chi connectivity index (χ0n) is 16.3. The number of aryl methyl sites for hydroxylation is 1. The van der Waals surface area contributed by atoms with Gasteiger partial charge < -0.3 is 14.8 Å². The summed E-state index contributed by atoms with van der Waals surface area (Å²) in [6.45, 7) is 10.8. The number of carbonyl (C=O) groups excluding carboxylic acids is 1. The molecule has 0 saturated carbocycles. The number of hydrogen-bond acceptors (Lipinski definition) is 3. The van der Waals surface area contributed by atoms with Crippen molar-refractivity contribution in [1.29, 1.82) is 0 Å². The van der Waals surface area contributed by atoms with Crippen molar-refractivity contribution in [2.45, 2.75) is 46.1 Å². The zero-order chi connectivity index (χ0) is 19.2. The number of carbonyl (C=O) groups is 1. The quantitative estimate of drug-likeness (QED) is 0.807. The average molecular weight is 355 g/mol. The Labute approximate surface area is 156 Å². The minimum absolute atomic E-state index is 0.0103. The fourth-order valence-corrected chi connectivity index (χ4v) is 2.49. The summed E-state index contributed by atoms with van der Waals surface area (Å²) in [4.78, 5) is 12.0. The molecule has 2 aromatic carbocycles. The van der Waals surface area contributed by atoms with Crippen LogP contribution in [-0.2, 0) is 10.2 Å². The Morgan fingerprint density at radius 1 is 1.04 bits per heavy atom. The van der Waals surface area contributed by atoms with Gasteiger partial charge in [-0.05, 0) is 48.6 Å². The molecule has 2 rings (SSSR count). The smallest absolute Gasteiger partial charge is 0.258 e. The molecule has 0 aliphatic rings. The summed E-state index contributed by atoms with van der Waals surface area (Å²) in [5.41, 5.74) is 2.41. The lowest BCUT2D eigenvalue weighted by Crippen LogP contribution is -2.39. The van der Waals surface area contributed by atoms with E-state index in [1.165, 1.54) is 5.56 Å². The number of benzene rings is 2. The first-order chi connectivity index (χ1) is 12.3. The number of amides is 1. The zero-order valence-corrected chi connectivity index (χ0v) is 16.3. The lowest BCUT2D eigenvalue weighted by molar-refractivity contribution is -0.123. The summed E-state index contributed by atoms with van der Waals surface area (Å²) in [6.07, 6.45) is 0. The maximum absolute atomic E-state index is 12.0. The van der Waals surface area contributed by atoms with Crippen molar-refractivity contribution < 1.29 is 14.3 Å². The predicted molar refractivity (Wildman–Crippen MR) is 105 cm³/mol. The van der Waals surface area contributed by atoms with Gasteiger partial charge in [0.2, 0.25) is 0 Å². The van der Waals surface area contributed by atoms with Crippen LogP contribution in [0.3, 0.4) is 0 Å². The minimum atomic E-state index is -0.161. The molecule has 0 bridgehead atoms. The van der Waals surface area contributed by atoms with E-state index in [-0.39, 0.29) is 24.0 Å². The average Bonchev–Trinajstić information content (AvgIpc) is 2.59. The number of hydrogen-bond donors (Lipinski definition) is 1. The monoisotopic (exact) mass is 355 g/mol. The molecule has 0 spiro atoms. The molecular formula is C22H29NO3. The molecule has 1 atom stereocenters. The van der Waals surface area contributed by atoms with Gasteiger partial charge in [0, 0.05) is 0 Å². The second-order valence-electron chi connectivity index (χ2n) is 7.61. The number of nitrogens with one attached hydrogen (secondary N) is 1. The minimum Gasteiger partial charge on any atom is -0.491 e. The van der Waals surface area contributed by atoms with Gasteiger partial charge in [-0.1, -0.05) is 51.1 Å². The Morgan fingerprint density at radius 2 is 1.69 bits per heavy atom. The van der Waals surface area contributed by atoms with Crippen LogP contribution >= 0.6 is 0 Å². The largest absolute Gasteiger partial charge is 0.491 e. The highest BCUT2D eigenvalue weighted by Crippen LogP contribution is 2.24. The fraction of sp³-hybridized carbons (Fsp3) is 0.409. The highest BCUT2D eigenvalue weighted by Gasteiger charge is 2.13. The highest BCUT2D eigenvalue weighted by atomic mass is 16.5. The van der Waals surface area contributed by atoms with Gasteiger partial charge in [0.15, 0.2) is 6.61 Å². The fourth-order valence-electron chi connectivity index (χ4n) is 2.49. The van der Waals surface area contributed by atoms with Crippen molar-refractivity contribution in [1.82, 2.24) is 5.32 Å². The molecule has 1 unspecified atom stereocenters. The molecule has 0 fully saturated rings. The van der Waals surface area contributed by atoms with Crippen molar-refractivity contribution in [3.8, 4) is 11.5 Å². The van der Waals surface area contributed by atoms with Gasteiger partial charge in [-0.2, -0.15) is 0 Å². The van der Waals surface area contributed by atoms with Gasteiger partial charge in [0.1, 0.15) is 18.1 Å². The molecule has 0 aliphatic carbocycles. The lowest BCUT2D eigenvalue weighted by Gasteiger charge is -2.19. The normalized spacial score (nSPS) is 12.3. The topological polar surface area (TPSA) is 47.6 Å². The van der Waals surface area contributed by atoms with Crippen molar-refractivity contribution in [2.24, 2.45) is 0 Å². The molecule has 4 heteroatoms. The molecule has 0 aliphatic heterocycles. The number of rotatable bonds is 7. The van der Waals surface area contributed by atoms with Gasteiger partial charge in [0.25, 0.3) is 5.91 Å². The Hall–Kier alpha value is -2.49. The van der Waals surface area contributed by atoms with E-state index in [2.05, 4.69) is 26.1 Å². The molecule has 26 heavy (non-hydrogen) atoms. The molecule has 4 nitrogen and oxygen atoms in total. The maximum Gasteiger partial charge on any atom is 0.258 e. The molecule has 140 valence electrons. The Morgan fingerprint density at radius 3 is 2.31 bits per heavy atom. The predicted octanol–water partition coefficient (Wildman–Crippen LogP) is 4.26. The van der Waals surface area contributed by atoms with E-state index in [9.17, 15) is 4.79 Å². The van der Waals surface area contributed by atoms with E-state index >= 15 is 0 Å². The van der Waals surface area contributed by atoms with E-state index < -0.39 is 0 Å². The summed E-state index contributed by atoms with van der Waals surface area (Å²) in [7, 11) is 0. The molecule has 0 heterocycles. The molecule has 2 aromatic rings. The van der Waals surface area contributed by atoms with E-state index in [0.717, 1.165) is 11.3 Å². The van der Waals surface area contributed by atoms with Crippen LogP contribution in [0.25, 0.3) is 0 Å². The lowest BCUT2D eigenvalue weighted by atomic mass is 9.87. The van der Waals surface area contributed by atoms with E-state index in [4.69, 9.17) is 9.47 Å². The van der Waals surface area contributed by atoms with Crippen LogP contribution in [0.2, 0.25) is 0 Å². The first-order valence-corrected chi connectivity index (χ1v) is 8.97. The Bertz CT molecular complexity index is 717.